The summed E-state index contributed by atoms with van der Waals surface area (Å²) in [6.45, 7) is 9.57. The predicted molar refractivity (Wildman–Crippen MR) is 80.5 cm³/mol. The molecule has 7 nitrogen and oxygen atoms in total. The molecular formula is C15H17FN4O3. The lowest BCUT2D eigenvalue weighted by Crippen LogP contribution is -2.47. The van der Waals surface area contributed by atoms with Crippen molar-refractivity contribution in [2.24, 2.45) is 0 Å². The Morgan fingerprint density at radius 1 is 1.30 bits per heavy atom. The molecule has 2 rings (SSSR count). The Morgan fingerprint density at radius 2 is 2.00 bits per heavy atom. The van der Waals surface area contributed by atoms with E-state index in [4.69, 9.17) is 4.74 Å². The zero-order chi connectivity index (χ0) is 16.8. The second-order valence-corrected chi connectivity index (χ2v) is 4.81. The number of halogens is 1. The molecule has 1 aromatic heterocycles. The molecule has 1 fully saturated rings. The van der Waals surface area contributed by atoms with Crippen LogP contribution in [-0.4, -0.2) is 47.9 Å². The van der Waals surface area contributed by atoms with Crippen molar-refractivity contribution in [3.05, 3.63) is 54.6 Å². The second-order valence-electron chi connectivity index (χ2n) is 4.81. The molecule has 1 aromatic rings. The summed E-state index contributed by atoms with van der Waals surface area (Å²) in [7, 11) is 0. The SMILES string of the molecule is C=C(NC(=O)c1ccc(F)cn1)OC(=C)C(=O)N1CCNCC1. The number of aromatic nitrogens is 1. The van der Waals surface area contributed by atoms with Gasteiger partial charge < -0.3 is 15.0 Å². The first-order valence-corrected chi connectivity index (χ1v) is 6.96. The molecule has 1 aliphatic rings. The van der Waals surface area contributed by atoms with Gasteiger partial charge in [-0.2, -0.15) is 0 Å². The van der Waals surface area contributed by atoms with Crippen LogP contribution in [0.15, 0.2) is 43.1 Å². The predicted octanol–water partition coefficient (Wildman–Crippen LogP) is 0.384. The molecule has 1 aliphatic heterocycles. The van der Waals surface area contributed by atoms with E-state index in [2.05, 4.69) is 28.8 Å². The van der Waals surface area contributed by atoms with Crippen molar-refractivity contribution in [3.8, 4) is 0 Å². The number of rotatable bonds is 5. The smallest absolute Gasteiger partial charge is 0.289 e. The highest BCUT2D eigenvalue weighted by atomic mass is 19.1. The third kappa shape index (κ3) is 4.62. The van der Waals surface area contributed by atoms with E-state index in [0.717, 1.165) is 12.3 Å². The van der Waals surface area contributed by atoms with Gasteiger partial charge >= 0.3 is 0 Å². The van der Waals surface area contributed by atoms with Crippen molar-refractivity contribution >= 4 is 11.8 Å². The molecule has 2 amide bonds. The Kier molecular flexibility index (Phi) is 5.42. The van der Waals surface area contributed by atoms with Crippen LogP contribution in [-0.2, 0) is 9.53 Å². The lowest BCUT2D eigenvalue weighted by atomic mass is 10.3. The van der Waals surface area contributed by atoms with Crippen molar-refractivity contribution < 1.29 is 18.7 Å². The van der Waals surface area contributed by atoms with E-state index >= 15 is 0 Å². The molecule has 1 saturated heterocycles. The van der Waals surface area contributed by atoms with Gasteiger partial charge in [0.25, 0.3) is 11.8 Å². The molecule has 2 heterocycles. The fourth-order valence-corrected chi connectivity index (χ4v) is 1.96. The molecular weight excluding hydrogens is 303 g/mol. The van der Waals surface area contributed by atoms with Crippen LogP contribution >= 0.6 is 0 Å². The highest BCUT2D eigenvalue weighted by Gasteiger charge is 2.21. The molecule has 0 aromatic carbocycles. The van der Waals surface area contributed by atoms with E-state index in [1.807, 2.05) is 0 Å². The van der Waals surface area contributed by atoms with Gasteiger partial charge in [0.05, 0.1) is 6.20 Å². The van der Waals surface area contributed by atoms with Gasteiger partial charge in [-0.15, -0.1) is 0 Å². The third-order valence-corrected chi connectivity index (χ3v) is 3.10. The zero-order valence-corrected chi connectivity index (χ0v) is 12.5. The maximum atomic E-state index is 12.8. The van der Waals surface area contributed by atoms with Gasteiger partial charge in [-0.1, -0.05) is 6.58 Å². The first-order valence-electron chi connectivity index (χ1n) is 6.96. The van der Waals surface area contributed by atoms with Crippen molar-refractivity contribution in [1.82, 2.24) is 20.5 Å². The number of ether oxygens (including phenoxy) is 1. The van der Waals surface area contributed by atoms with Gasteiger partial charge in [-0.3, -0.25) is 14.9 Å². The molecule has 0 saturated carbocycles. The fraction of sp³-hybridized carbons (Fsp3) is 0.267. The molecule has 8 heteroatoms. The van der Waals surface area contributed by atoms with Gasteiger partial charge in [0.2, 0.25) is 0 Å². The number of nitrogens with one attached hydrogen (secondary N) is 2. The van der Waals surface area contributed by atoms with E-state index in [0.29, 0.717) is 26.2 Å². The number of nitrogens with zero attached hydrogens (tertiary/aromatic N) is 2. The first-order chi connectivity index (χ1) is 11.0. The van der Waals surface area contributed by atoms with Gasteiger partial charge in [0.1, 0.15) is 11.5 Å². The molecule has 0 spiro atoms. The molecule has 0 atom stereocenters. The molecule has 2 N–H and O–H groups in total. The molecule has 122 valence electrons. The number of pyridine rings is 1. The van der Waals surface area contributed by atoms with Crippen molar-refractivity contribution in [2.45, 2.75) is 0 Å². The Morgan fingerprint density at radius 3 is 2.61 bits per heavy atom. The van der Waals surface area contributed by atoms with E-state index < -0.39 is 11.7 Å². The number of amides is 2. The quantitative estimate of drug-likeness (QED) is 0.605. The van der Waals surface area contributed by atoms with Gasteiger partial charge in [0, 0.05) is 26.2 Å². The van der Waals surface area contributed by atoms with Crippen molar-refractivity contribution in [1.29, 1.82) is 0 Å². The number of hydrogen-bond acceptors (Lipinski definition) is 5. The van der Waals surface area contributed by atoms with Crippen molar-refractivity contribution in [2.75, 3.05) is 26.2 Å². The average molecular weight is 320 g/mol. The van der Waals surface area contributed by atoms with Crippen LogP contribution in [0.2, 0.25) is 0 Å². The molecule has 0 aliphatic carbocycles. The average Bonchev–Trinajstić information content (AvgIpc) is 2.55. The summed E-state index contributed by atoms with van der Waals surface area (Å²) in [5.41, 5.74) is -0.00445. The fourth-order valence-electron chi connectivity index (χ4n) is 1.96. The monoisotopic (exact) mass is 320 g/mol. The Hall–Kier alpha value is -2.74. The summed E-state index contributed by atoms with van der Waals surface area (Å²) < 4.78 is 17.9. The van der Waals surface area contributed by atoms with Gasteiger partial charge in [0.15, 0.2) is 11.6 Å². The van der Waals surface area contributed by atoms with E-state index in [-0.39, 0.29) is 23.2 Å². The van der Waals surface area contributed by atoms with E-state index in [1.165, 1.54) is 6.07 Å². The Balaban J connectivity index is 1.86. The summed E-state index contributed by atoms with van der Waals surface area (Å²) in [5.74, 6) is -1.83. The van der Waals surface area contributed by atoms with E-state index in [9.17, 15) is 14.0 Å². The standard InChI is InChI=1S/C15H17FN4O3/c1-10(15(22)20-7-5-17-6-8-20)23-11(2)19-14(21)13-4-3-12(16)9-18-13/h3-4,9,17H,1-2,5-8H2,(H,19,21). The van der Waals surface area contributed by atoms with Crippen LogP contribution < -0.4 is 10.6 Å². The number of hydrogen-bond donors (Lipinski definition) is 2. The summed E-state index contributed by atoms with van der Waals surface area (Å²) in [5, 5.41) is 5.44. The Labute approximate surface area is 132 Å². The van der Waals surface area contributed by atoms with Crippen LogP contribution in [0.3, 0.4) is 0 Å². The van der Waals surface area contributed by atoms with Crippen LogP contribution in [0, 0.1) is 5.82 Å². The summed E-state index contributed by atoms with van der Waals surface area (Å²) in [6.07, 6.45) is 0.922. The highest BCUT2D eigenvalue weighted by molar-refractivity contribution is 5.93. The second kappa shape index (κ2) is 7.50. The maximum absolute atomic E-state index is 12.8. The normalized spacial score (nSPS) is 14.0. The minimum Gasteiger partial charge on any atom is -0.436 e. The first kappa shape index (κ1) is 16.6. The van der Waals surface area contributed by atoms with Crippen LogP contribution in [0.4, 0.5) is 4.39 Å². The molecule has 23 heavy (non-hydrogen) atoms. The van der Waals surface area contributed by atoms with Crippen LogP contribution in [0.25, 0.3) is 0 Å². The lowest BCUT2D eigenvalue weighted by molar-refractivity contribution is -0.130. The summed E-state index contributed by atoms with van der Waals surface area (Å²) in [6, 6.07) is 2.33. The lowest BCUT2D eigenvalue weighted by Gasteiger charge is -2.27. The van der Waals surface area contributed by atoms with Crippen LogP contribution in [0.5, 0.6) is 0 Å². The minimum atomic E-state index is -0.627. The van der Waals surface area contributed by atoms with Gasteiger partial charge in [-0.25, -0.2) is 9.37 Å². The number of piperazine rings is 1. The van der Waals surface area contributed by atoms with Gasteiger partial charge in [-0.05, 0) is 18.7 Å². The topological polar surface area (TPSA) is 83.6 Å². The van der Waals surface area contributed by atoms with Crippen molar-refractivity contribution in [3.63, 3.8) is 0 Å². The Bertz CT molecular complexity index is 624. The number of carbonyl (C=O) groups is 2. The molecule has 0 radical (unpaired) electrons. The summed E-state index contributed by atoms with van der Waals surface area (Å²) in [4.78, 5) is 29.2. The van der Waals surface area contributed by atoms with Crippen LogP contribution in [0.1, 0.15) is 10.5 Å². The molecule has 0 unspecified atom stereocenters. The third-order valence-electron chi connectivity index (χ3n) is 3.10. The maximum Gasteiger partial charge on any atom is 0.289 e. The minimum absolute atomic E-state index is 0.00445. The highest BCUT2D eigenvalue weighted by Crippen LogP contribution is 2.07. The largest absolute Gasteiger partial charge is 0.436 e. The number of carbonyl (C=O) groups excluding carboxylic acids is 2. The summed E-state index contributed by atoms with van der Waals surface area (Å²) >= 11 is 0. The molecule has 0 bridgehead atoms. The van der Waals surface area contributed by atoms with E-state index in [1.54, 1.807) is 4.90 Å². The zero-order valence-electron chi connectivity index (χ0n) is 12.5.